The Hall–Kier alpha value is -1.83. The van der Waals surface area contributed by atoms with Gasteiger partial charge in [-0.05, 0) is 43.3 Å². The molecule has 2 heterocycles. The van der Waals surface area contributed by atoms with Gasteiger partial charge in [0.25, 0.3) is 0 Å². The van der Waals surface area contributed by atoms with Gasteiger partial charge in [0.15, 0.2) is 0 Å². The fourth-order valence-corrected chi connectivity index (χ4v) is 1.19. The number of hydrogen-bond donors (Lipinski definition) is 0. The van der Waals surface area contributed by atoms with Gasteiger partial charge in [0.2, 0.25) is 0 Å². The fourth-order valence-electron chi connectivity index (χ4n) is 1.19. The molecule has 0 bridgehead atoms. The molecular weight excluding hydrogens is 174 g/mol. The van der Waals surface area contributed by atoms with Crippen molar-refractivity contribution in [1.29, 1.82) is 0 Å². The van der Waals surface area contributed by atoms with Crippen LogP contribution in [0, 0.1) is 6.92 Å². The lowest BCUT2D eigenvalue weighted by Gasteiger charge is -1.89. The molecule has 0 aromatic carbocycles. The minimum absolute atomic E-state index is 0.855. The molecule has 0 radical (unpaired) electrons. The van der Waals surface area contributed by atoms with E-state index in [0.717, 1.165) is 17.2 Å². The first-order chi connectivity index (χ1) is 6.84. The van der Waals surface area contributed by atoms with E-state index in [1.807, 2.05) is 49.4 Å². The van der Waals surface area contributed by atoms with E-state index in [0.29, 0.717) is 0 Å². The van der Waals surface area contributed by atoms with Gasteiger partial charge < -0.3 is 4.42 Å². The van der Waals surface area contributed by atoms with Crippen molar-refractivity contribution in [2.75, 3.05) is 0 Å². The van der Waals surface area contributed by atoms with Crippen molar-refractivity contribution in [2.45, 2.75) is 6.92 Å². The highest BCUT2D eigenvalue weighted by Crippen LogP contribution is 2.09. The number of hydrogen-bond acceptors (Lipinski definition) is 2. The quantitative estimate of drug-likeness (QED) is 0.718. The number of aromatic nitrogens is 1. The number of pyridine rings is 1. The number of rotatable bonds is 2. The van der Waals surface area contributed by atoms with Crippen molar-refractivity contribution in [2.24, 2.45) is 0 Å². The molecule has 2 aromatic rings. The molecule has 14 heavy (non-hydrogen) atoms. The normalized spacial score (nSPS) is 10.9. The largest absolute Gasteiger partial charge is 0.462 e. The van der Waals surface area contributed by atoms with Crippen molar-refractivity contribution >= 4 is 12.2 Å². The lowest BCUT2D eigenvalue weighted by molar-refractivity contribution is 0.525. The zero-order valence-corrected chi connectivity index (χ0v) is 7.97. The van der Waals surface area contributed by atoms with E-state index in [1.54, 1.807) is 6.20 Å². The van der Waals surface area contributed by atoms with E-state index in [2.05, 4.69) is 4.98 Å². The summed E-state index contributed by atoms with van der Waals surface area (Å²) in [4.78, 5) is 4.17. The highest BCUT2D eigenvalue weighted by molar-refractivity contribution is 5.65. The molecule has 0 saturated heterocycles. The predicted octanol–water partition coefficient (Wildman–Crippen LogP) is 3.15. The van der Waals surface area contributed by atoms with Gasteiger partial charge in [-0.15, -0.1) is 0 Å². The van der Waals surface area contributed by atoms with Crippen LogP contribution < -0.4 is 0 Å². The Labute approximate surface area is 82.9 Å². The average Bonchev–Trinajstić information content (AvgIpc) is 2.63. The molecule has 2 heteroatoms. The highest BCUT2D eigenvalue weighted by atomic mass is 16.3. The maximum Gasteiger partial charge on any atom is 0.127 e. The van der Waals surface area contributed by atoms with Crippen molar-refractivity contribution < 1.29 is 4.42 Å². The molecular formula is C12H11NO. The maximum absolute atomic E-state index is 5.39. The third kappa shape index (κ3) is 2.10. The first-order valence-electron chi connectivity index (χ1n) is 4.50. The van der Waals surface area contributed by atoms with Crippen molar-refractivity contribution in [3.8, 4) is 0 Å². The minimum atomic E-state index is 0.855. The third-order valence-electron chi connectivity index (χ3n) is 1.87. The van der Waals surface area contributed by atoms with Gasteiger partial charge in [0, 0.05) is 6.20 Å². The van der Waals surface area contributed by atoms with E-state index < -0.39 is 0 Å². The lowest BCUT2D eigenvalue weighted by Crippen LogP contribution is -1.75. The topological polar surface area (TPSA) is 26.0 Å². The summed E-state index contributed by atoms with van der Waals surface area (Å²) < 4.78 is 5.39. The zero-order valence-electron chi connectivity index (χ0n) is 7.97. The SMILES string of the molecule is Cc1ccc(C=Cc2ccccn2)o1. The van der Waals surface area contributed by atoms with Gasteiger partial charge in [-0.3, -0.25) is 4.98 Å². The van der Waals surface area contributed by atoms with Gasteiger partial charge in [0.1, 0.15) is 11.5 Å². The monoisotopic (exact) mass is 185 g/mol. The van der Waals surface area contributed by atoms with Gasteiger partial charge in [0.05, 0.1) is 5.69 Å². The van der Waals surface area contributed by atoms with E-state index in [-0.39, 0.29) is 0 Å². The molecule has 0 atom stereocenters. The second-order valence-electron chi connectivity index (χ2n) is 3.04. The molecule has 0 spiro atoms. The summed E-state index contributed by atoms with van der Waals surface area (Å²) >= 11 is 0. The number of aryl methyl sites for hydroxylation is 1. The Morgan fingerprint density at radius 3 is 2.71 bits per heavy atom. The Morgan fingerprint density at radius 2 is 2.07 bits per heavy atom. The standard InChI is InChI=1S/C12H11NO/c1-10-5-7-12(14-10)8-6-11-4-2-3-9-13-11/h2-9H,1H3. The molecule has 0 aliphatic rings. The summed E-state index contributed by atoms with van der Waals surface area (Å²) in [5, 5.41) is 0. The number of furan rings is 1. The molecule has 2 rings (SSSR count). The molecule has 0 aliphatic heterocycles. The van der Waals surface area contributed by atoms with Gasteiger partial charge in [-0.25, -0.2) is 0 Å². The van der Waals surface area contributed by atoms with Crippen LogP contribution in [0.3, 0.4) is 0 Å². The smallest absolute Gasteiger partial charge is 0.127 e. The summed E-state index contributed by atoms with van der Waals surface area (Å²) in [5.74, 6) is 1.78. The van der Waals surface area contributed by atoms with Crippen LogP contribution in [0.5, 0.6) is 0 Å². The van der Waals surface area contributed by atoms with Crippen LogP contribution >= 0.6 is 0 Å². The molecule has 0 aliphatic carbocycles. The van der Waals surface area contributed by atoms with E-state index in [9.17, 15) is 0 Å². The van der Waals surface area contributed by atoms with Crippen LogP contribution in [0.2, 0.25) is 0 Å². The number of nitrogens with zero attached hydrogens (tertiary/aromatic N) is 1. The van der Waals surface area contributed by atoms with Crippen molar-refractivity contribution in [1.82, 2.24) is 4.98 Å². The second-order valence-corrected chi connectivity index (χ2v) is 3.04. The Morgan fingerprint density at radius 1 is 1.14 bits per heavy atom. The molecule has 0 N–H and O–H groups in total. The van der Waals surface area contributed by atoms with Crippen LogP contribution in [-0.4, -0.2) is 4.98 Å². The van der Waals surface area contributed by atoms with Crippen LogP contribution in [0.1, 0.15) is 17.2 Å². The van der Waals surface area contributed by atoms with Crippen molar-refractivity contribution in [3.05, 3.63) is 53.7 Å². The van der Waals surface area contributed by atoms with Crippen LogP contribution in [0.4, 0.5) is 0 Å². The van der Waals surface area contributed by atoms with Crippen LogP contribution in [-0.2, 0) is 0 Å². The van der Waals surface area contributed by atoms with Crippen LogP contribution in [0.15, 0.2) is 40.9 Å². The van der Waals surface area contributed by atoms with E-state index in [1.165, 1.54) is 0 Å². The van der Waals surface area contributed by atoms with E-state index in [4.69, 9.17) is 4.42 Å². The first-order valence-corrected chi connectivity index (χ1v) is 4.50. The van der Waals surface area contributed by atoms with Gasteiger partial charge >= 0.3 is 0 Å². The van der Waals surface area contributed by atoms with Gasteiger partial charge in [-0.2, -0.15) is 0 Å². The second kappa shape index (κ2) is 3.92. The molecule has 70 valence electrons. The summed E-state index contributed by atoms with van der Waals surface area (Å²) in [5.41, 5.74) is 0.932. The molecule has 0 saturated carbocycles. The third-order valence-corrected chi connectivity index (χ3v) is 1.87. The Balaban J connectivity index is 2.15. The highest BCUT2D eigenvalue weighted by Gasteiger charge is 1.92. The lowest BCUT2D eigenvalue weighted by atomic mass is 10.3. The molecule has 2 nitrogen and oxygen atoms in total. The summed E-state index contributed by atoms with van der Waals surface area (Å²) in [6.07, 6.45) is 5.61. The Kier molecular flexibility index (Phi) is 2.45. The summed E-state index contributed by atoms with van der Waals surface area (Å²) in [6.45, 7) is 1.93. The molecule has 0 unspecified atom stereocenters. The molecule has 0 fully saturated rings. The van der Waals surface area contributed by atoms with Crippen molar-refractivity contribution in [3.63, 3.8) is 0 Å². The summed E-state index contributed by atoms with van der Waals surface area (Å²) in [6, 6.07) is 9.69. The predicted molar refractivity (Wildman–Crippen MR) is 56.6 cm³/mol. The van der Waals surface area contributed by atoms with Gasteiger partial charge in [-0.1, -0.05) is 6.07 Å². The molecule has 0 amide bonds. The zero-order chi connectivity index (χ0) is 9.80. The average molecular weight is 185 g/mol. The Bertz CT molecular complexity index is 429. The van der Waals surface area contributed by atoms with Crippen LogP contribution in [0.25, 0.3) is 12.2 Å². The van der Waals surface area contributed by atoms with E-state index >= 15 is 0 Å². The fraction of sp³-hybridized carbons (Fsp3) is 0.0833. The molecule has 2 aromatic heterocycles. The summed E-state index contributed by atoms with van der Waals surface area (Å²) in [7, 11) is 0. The minimum Gasteiger partial charge on any atom is -0.462 e. The maximum atomic E-state index is 5.39. The first kappa shape index (κ1) is 8.75.